The predicted molar refractivity (Wildman–Crippen MR) is 83.3 cm³/mol. The molecule has 0 radical (unpaired) electrons. The minimum atomic E-state index is 0.190. The highest BCUT2D eigenvalue weighted by molar-refractivity contribution is 5.98. The number of fused-ring (bicyclic) bond motifs is 1. The van der Waals surface area contributed by atoms with Crippen LogP contribution in [0.5, 0.6) is 5.75 Å². The molecule has 21 heavy (non-hydrogen) atoms. The van der Waals surface area contributed by atoms with Gasteiger partial charge in [0.1, 0.15) is 12.4 Å². The fraction of sp³-hybridized carbons (Fsp3) is 0.562. The first kappa shape index (κ1) is 14.4. The van der Waals surface area contributed by atoms with Gasteiger partial charge in [0.05, 0.1) is 12.2 Å². The number of hydrogen-bond donors (Lipinski definition) is 1. The molecular weight excluding hydrogens is 266 g/mol. The van der Waals surface area contributed by atoms with Gasteiger partial charge in [-0.25, -0.2) is 0 Å². The van der Waals surface area contributed by atoms with Gasteiger partial charge in [0.15, 0.2) is 5.78 Å². The van der Waals surface area contributed by atoms with Crippen molar-refractivity contribution in [2.45, 2.75) is 6.92 Å². The van der Waals surface area contributed by atoms with Crippen molar-refractivity contribution in [3.05, 3.63) is 23.8 Å². The quantitative estimate of drug-likeness (QED) is 0.847. The SMILES string of the molecule is CCN1CCN(CC(=O)c2ccc3c(c2)NCCO3)CC1. The average Bonchev–Trinajstić information content (AvgIpc) is 2.55. The second-order valence-electron chi connectivity index (χ2n) is 5.62. The van der Waals surface area contributed by atoms with Crippen LogP contribution in [0.2, 0.25) is 0 Å². The Bertz CT molecular complexity index is 510. The highest BCUT2D eigenvalue weighted by atomic mass is 16.5. The Morgan fingerprint density at radius 1 is 1.24 bits per heavy atom. The van der Waals surface area contributed by atoms with Crippen LogP contribution in [0.25, 0.3) is 0 Å². The van der Waals surface area contributed by atoms with Crippen LogP contribution in [-0.2, 0) is 0 Å². The third kappa shape index (κ3) is 3.36. The van der Waals surface area contributed by atoms with Crippen LogP contribution in [0.15, 0.2) is 18.2 Å². The monoisotopic (exact) mass is 289 g/mol. The van der Waals surface area contributed by atoms with Gasteiger partial charge < -0.3 is 15.0 Å². The van der Waals surface area contributed by atoms with Gasteiger partial charge in [0.25, 0.3) is 0 Å². The second-order valence-corrected chi connectivity index (χ2v) is 5.62. The maximum atomic E-state index is 12.4. The summed E-state index contributed by atoms with van der Waals surface area (Å²) in [5.41, 5.74) is 1.70. The lowest BCUT2D eigenvalue weighted by atomic mass is 10.1. The van der Waals surface area contributed by atoms with Gasteiger partial charge in [-0.15, -0.1) is 0 Å². The molecule has 1 saturated heterocycles. The molecule has 0 aromatic heterocycles. The van der Waals surface area contributed by atoms with Gasteiger partial charge in [-0.3, -0.25) is 9.69 Å². The maximum Gasteiger partial charge on any atom is 0.176 e. The molecule has 0 aliphatic carbocycles. The number of benzene rings is 1. The second kappa shape index (κ2) is 6.45. The summed E-state index contributed by atoms with van der Waals surface area (Å²) in [7, 11) is 0. The van der Waals surface area contributed by atoms with E-state index in [1.165, 1.54) is 0 Å². The molecule has 2 aliphatic heterocycles. The van der Waals surface area contributed by atoms with Crippen molar-refractivity contribution in [3.8, 4) is 5.75 Å². The zero-order valence-electron chi connectivity index (χ0n) is 12.6. The largest absolute Gasteiger partial charge is 0.490 e. The summed E-state index contributed by atoms with van der Waals surface area (Å²) >= 11 is 0. The molecule has 5 nitrogen and oxygen atoms in total. The Balaban J connectivity index is 1.60. The Hall–Kier alpha value is -1.59. The van der Waals surface area contributed by atoms with Crippen LogP contribution >= 0.6 is 0 Å². The fourth-order valence-electron chi connectivity index (χ4n) is 2.87. The minimum absolute atomic E-state index is 0.190. The number of likely N-dealkylation sites (N-methyl/N-ethyl adjacent to an activating group) is 1. The van der Waals surface area contributed by atoms with Crippen molar-refractivity contribution in [2.24, 2.45) is 0 Å². The first-order valence-electron chi connectivity index (χ1n) is 7.75. The number of hydrogen-bond acceptors (Lipinski definition) is 5. The molecule has 1 fully saturated rings. The standard InChI is InChI=1S/C16H23N3O2/c1-2-18-6-8-19(9-7-18)12-15(20)13-3-4-16-14(11-13)17-5-10-21-16/h3-4,11,17H,2,5-10,12H2,1H3. The normalized spacial score (nSPS) is 19.5. The molecule has 0 bridgehead atoms. The van der Waals surface area contributed by atoms with Crippen molar-refractivity contribution in [1.82, 2.24) is 9.80 Å². The predicted octanol–water partition coefficient (Wildman–Crippen LogP) is 1.31. The number of carbonyl (C=O) groups excluding carboxylic acids is 1. The van der Waals surface area contributed by atoms with Crippen molar-refractivity contribution in [3.63, 3.8) is 0 Å². The zero-order valence-corrected chi connectivity index (χ0v) is 12.6. The number of carbonyl (C=O) groups is 1. The van der Waals surface area contributed by atoms with E-state index in [0.717, 1.165) is 56.3 Å². The van der Waals surface area contributed by atoms with Gasteiger partial charge >= 0.3 is 0 Å². The molecule has 1 aromatic carbocycles. The summed E-state index contributed by atoms with van der Waals surface area (Å²) in [6, 6.07) is 5.68. The molecule has 0 amide bonds. The number of rotatable bonds is 4. The molecule has 0 saturated carbocycles. The number of ketones is 1. The fourth-order valence-corrected chi connectivity index (χ4v) is 2.87. The Morgan fingerprint density at radius 2 is 2.00 bits per heavy atom. The molecule has 0 spiro atoms. The molecule has 0 atom stereocenters. The average molecular weight is 289 g/mol. The maximum absolute atomic E-state index is 12.4. The lowest BCUT2D eigenvalue weighted by molar-refractivity contribution is 0.0859. The summed E-state index contributed by atoms with van der Waals surface area (Å²) in [5, 5.41) is 3.28. The number of Topliss-reactive ketones (excluding diaryl/α,β-unsaturated/α-hetero) is 1. The zero-order chi connectivity index (χ0) is 14.7. The molecule has 0 unspecified atom stereocenters. The molecule has 2 heterocycles. The molecule has 1 aromatic rings. The third-order valence-electron chi connectivity index (χ3n) is 4.26. The first-order chi connectivity index (χ1) is 10.3. The van der Waals surface area contributed by atoms with E-state index in [0.29, 0.717) is 13.2 Å². The van der Waals surface area contributed by atoms with E-state index in [2.05, 4.69) is 22.0 Å². The number of anilines is 1. The van der Waals surface area contributed by atoms with E-state index in [9.17, 15) is 4.79 Å². The van der Waals surface area contributed by atoms with Crippen molar-refractivity contribution < 1.29 is 9.53 Å². The van der Waals surface area contributed by atoms with Crippen molar-refractivity contribution in [1.29, 1.82) is 0 Å². The van der Waals surface area contributed by atoms with Crippen LogP contribution in [0, 0.1) is 0 Å². The minimum Gasteiger partial charge on any atom is -0.490 e. The van der Waals surface area contributed by atoms with Gasteiger partial charge in [-0.2, -0.15) is 0 Å². The molecule has 114 valence electrons. The van der Waals surface area contributed by atoms with E-state index < -0.39 is 0 Å². The molecule has 5 heteroatoms. The van der Waals surface area contributed by atoms with E-state index in [1.807, 2.05) is 18.2 Å². The molecule has 1 N–H and O–H groups in total. The van der Waals surface area contributed by atoms with E-state index in [4.69, 9.17) is 4.74 Å². The van der Waals surface area contributed by atoms with Gasteiger partial charge in [-0.1, -0.05) is 6.92 Å². The van der Waals surface area contributed by atoms with Gasteiger partial charge in [0, 0.05) is 38.3 Å². The molecule has 3 rings (SSSR count). The number of ether oxygens (including phenoxy) is 1. The summed E-state index contributed by atoms with van der Waals surface area (Å²) in [4.78, 5) is 17.1. The highest BCUT2D eigenvalue weighted by Gasteiger charge is 2.19. The summed E-state index contributed by atoms with van der Waals surface area (Å²) in [6.45, 7) is 9.34. The number of nitrogens with zero attached hydrogens (tertiary/aromatic N) is 2. The summed E-state index contributed by atoms with van der Waals surface area (Å²) in [5.74, 6) is 1.03. The van der Waals surface area contributed by atoms with Crippen molar-refractivity contribution in [2.75, 3.05) is 57.7 Å². The van der Waals surface area contributed by atoms with Crippen molar-refractivity contribution >= 4 is 11.5 Å². The topological polar surface area (TPSA) is 44.8 Å². The first-order valence-corrected chi connectivity index (χ1v) is 7.75. The third-order valence-corrected chi connectivity index (χ3v) is 4.26. The van der Waals surface area contributed by atoms with E-state index in [-0.39, 0.29) is 5.78 Å². The Kier molecular flexibility index (Phi) is 4.41. The van der Waals surface area contributed by atoms with Gasteiger partial charge in [0.2, 0.25) is 0 Å². The number of nitrogens with one attached hydrogen (secondary N) is 1. The smallest absolute Gasteiger partial charge is 0.176 e. The van der Waals surface area contributed by atoms with Crippen LogP contribution in [-0.4, -0.2) is 68.0 Å². The molecular formula is C16H23N3O2. The molecule has 2 aliphatic rings. The van der Waals surface area contributed by atoms with Crippen LogP contribution in [0.4, 0.5) is 5.69 Å². The number of piperazine rings is 1. The van der Waals surface area contributed by atoms with E-state index in [1.54, 1.807) is 0 Å². The highest BCUT2D eigenvalue weighted by Crippen LogP contribution is 2.28. The van der Waals surface area contributed by atoms with Crippen LogP contribution < -0.4 is 10.1 Å². The Morgan fingerprint density at radius 3 is 2.76 bits per heavy atom. The summed E-state index contributed by atoms with van der Waals surface area (Å²) < 4.78 is 5.54. The lowest BCUT2D eigenvalue weighted by Crippen LogP contribution is -2.47. The Labute approximate surface area is 125 Å². The van der Waals surface area contributed by atoms with Gasteiger partial charge in [-0.05, 0) is 24.7 Å². The van der Waals surface area contributed by atoms with Crippen LogP contribution in [0.3, 0.4) is 0 Å². The van der Waals surface area contributed by atoms with Crippen LogP contribution in [0.1, 0.15) is 17.3 Å². The van der Waals surface area contributed by atoms with E-state index >= 15 is 0 Å². The summed E-state index contributed by atoms with van der Waals surface area (Å²) in [6.07, 6.45) is 0. The lowest BCUT2D eigenvalue weighted by Gasteiger charge is -2.33.